The van der Waals surface area contributed by atoms with E-state index in [-0.39, 0.29) is 0 Å². The molecule has 0 aliphatic rings. The van der Waals surface area contributed by atoms with Crippen LogP contribution in [-0.2, 0) is 13.6 Å². The molecule has 1 aromatic heterocycles. The summed E-state index contributed by atoms with van der Waals surface area (Å²) in [5, 5.41) is 7.83. The van der Waals surface area contributed by atoms with Crippen LogP contribution in [0.5, 0.6) is 0 Å². The number of aromatic nitrogens is 2. The van der Waals surface area contributed by atoms with Gasteiger partial charge in [-0.05, 0) is 26.3 Å². The smallest absolute Gasteiger partial charge is 0.0641 e. The zero-order valence-electron chi connectivity index (χ0n) is 9.89. The third-order valence-electron chi connectivity index (χ3n) is 2.51. The van der Waals surface area contributed by atoms with Crippen LogP contribution in [0.25, 0.3) is 0 Å². The van der Waals surface area contributed by atoms with E-state index in [9.17, 15) is 0 Å². The lowest BCUT2D eigenvalue weighted by atomic mass is 10.2. The Morgan fingerprint density at radius 2 is 2.00 bits per heavy atom. The Morgan fingerprint density at radius 3 is 2.43 bits per heavy atom. The normalized spacial score (nSPS) is 11.3. The van der Waals surface area contributed by atoms with Gasteiger partial charge < -0.3 is 5.32 Å². The number of rotatable bonds is 4. The van der Waals surface area contributed by atoms with Crippen molar-refractivity contribution in [1.29, 1.82) is 0 Å². The van der Waals surface area contributed by atoms with Crippen LogP contribution in [0.4, 0.5) is 0 Å². The van der Waals surface area contributed by atoms with E-state index in [0.29, 0.717) is 5.92 Å². The van der Waals surface area contributed by atoms with E-state index in [0.717, 1.165) is 18.8 Å². The number of nitrogens with zero attached hydrogens (tertiary/aromatic N) is 2. The quantitative estimate of drug-likeness (QED) is 0.793. The van der Waals surface area contributed by atoms with Gasteiger partial charge in [0.25, 0.3) is 0 Å². The van der Waals surface area contributed by atoms with Gasteiger partial charge in [0, 0.05) is 24.8 Å². The van der Waals surface area contributed by atoms with Gasteiger partial charge in [-0.25, -0.2) is 0 Å². The molecule has 0 atom stereocenters. The Hall–Kier alpha value is -0.830. The highest BCUT2D eigenvalue weighted by Crippen LogP contribution is 2.11. The topological polar surface area (TPSA) is 29.9 Å². The molecule has 3 heteroatoms. The molecule has 0 aliphatic carbocycles. The summed E-state index contributed by atoms with van der Waals surface area (Å²) in [7, 11) is 1.99. The molecule has 0 aliphatic heterocycles. The van der Waals surface area contributed by atoms with Gasteiger partial charge in [-0.3, -0.25) is 4.68 Å². The van der Waals surface area contributed by atoms with Crippen molar-refractivity contribution >= 4 is 0 Å². The van der Waals surface area contributed by atoms with Crippen LogP contribution in [0, 0.1) is 19.8 Å². The van der Waals surface area contributed by atoms with Gasteiger partial charge in [-0.15, -0.1) is 0 Å². The minimum atomic E-state index is 0.701. The van der Waals surface area contributed by atoms with Crippen molar-refractivity contribution in [1.82, 2.24) is 15.1 Å². The molecule has 0 saturated carbocycles. The summed E-state index contributed by atoms with van der Waals surface area (Å²) >= 11 is 0. The Labute approximate surface area is 86.5 Å². The minimum absolute atomic E-state index is 0.701. The van der Waals surface area contributed by atoms with Crippen LogP contribution in [0.1, 0.15) is 30.8 Å². The molecular weight excluding hydrogens is 174 g/mol. The van der Waals surface area contributed by atoms with Crippen LogP contribution >= 0.6 is 0 Å². The lowest BCUT2D eigenvalue weighted by Gasteiger charge is -2.07. The van der Waals surface area contributed by atoms with E-state index in [4.69, 9.17) is 0 Å². The maximum absolute atomic E-state index is 4.39. The van der Waals surface area contributed by atoms with Crippen LogP contribution in [-0.4, -0.2) is 16.3 Å². The molecular formula is C11H21N3. The molecule has 0 aromatic carbocycles. The molecule has 3 nitrogen and oxygen atoms in total. The van der Waals surface area contributed by atoms with Gasteiger partial charge in [-0.2, -0.15) is 5.10 Å². The molecule has 0 saturated heterocycles. The number of hydrogen-bond acceptors (Lipinski definition) is 2. The maximum atomic E-state index is 4.39. The molecule has 0 unspecified atom stereocenters. The van der Waals surface area contributed by atoms with Crippen molar-refractivity contribution < 1.29 is 0 Å². The number of hydrogen-bond donors (Lipinski definition) is 1. The van der Waals surface area contributed by atoms with E-state index in [1.54, 1.807) is 0 Å². The molecule has 1 aromatic rings. The first-order valence-electron chi connectivity index (χ1n) is 5.22. The second kappa shape index (κ2) is 4.60. The minimum Gasteiger partial charge on any atom is -0.312 e. The lowest BCUT2D eigenvalue weighted by molar-refractivity contribution is 0.550. The van der Waals surface area contributed by atoms with Gasteiger partial charge in [0.2, 0.25) is 0 Å². The van der Waals surface area contributed by atoms with Gasteiger partial charge >= 0.3 is 0 Å². The largest absolute Gasteiger partial charge is 0.312 e. The zero-order chi connectivity index (χ0) is 10.7. The summed E-state index contributed by atoms with van der Waals surface area (Å²) in [6.07, 6.45) is 0. The zero-order valence-corrected chi connectivity index (χ0v) is 9.89. The summed E-state index contributed by atoms with van der Waals surface area (Å²) in [5.41, 5.74) is 3.74. The Bertz CT molecular complexity index is 300. The summed E-state index contributed by atoms with van der Waals surface area (Å²) in [5.74, 6) is 0.701. The first-order chi connectivity index (χ1) is 6.52. The van der Waals surface area contributed by atoms with Crippen LogP contribution < -0.4 is 5.32 Å². The van der Waals surface area contributed by atoms with Gasteiger partial charge in [0.1, 0.15) is 0 Å². The molecule has 1 heterocycles. The van der Waals surface area contributed by atoms with Crippen molar-refractivity contribution in [2.75, 3.05) is 6.54 Å². The first kappa shape index (κ1) is 11.2. The predicted octanol–water partition coefficient (Wildman–Crippen LogP) is 1.78. The van der Waals surface area contributed by atoms with Crippen LogP contribution in [0.2, 0.25) is 0 Å². The third-order valence-corrected chi connectivity index (χ3v) is 2.51. The molecule has 0 fully saturated rings. The standard InChI is InChI=1S/C11H21N3/c1-8(2)6-12-7-11-9(3)13-14(5)10(11)4/h8,12H,6-7H2,1-5H3. The van der Waals surface area contributed by atoms with Crippen molar-refractivity contribution in [2.45, 2.75) is 34.2 Å². The molecule has 1 rings (SSSR count). The second-order valence-corrected chi connectivity index (χ2v) is 4.30. The highest BCUT2D eigenvalue weighted by atomic mass is 15.3. The van der Waals surface area contributed by atoms with Crippen molar-refractivity contribution in [3.8, 4) is 0 Å². The second-order valence-electron chi connectivity index (χ2n) is 4.30. The molecule has 0 radical (unpaired) electrons. The van der Waals surface area contributed by atoms with E-state index >= 15 is 0 Å². The Morgan fingerprint density at radius 1 is 1.36 bits per heavy atom. The van der Waals surface area contributed by atoms with E-state index in [1.165, 1.54) is 11.3 Å². The van der Waals surface area contributed by atoms with E-state index in [2.05, 4.69) is 38.1 Å². The molecule has 0 amide bonds. The summed E-state index contributed by atoms with van der Waals surface area (Å²) in [4.78, 5) is 0. The third kappa shape index (κ3) is 2.58. The Balaban J connectivity index is 2.58. The summed E-state index contributed by atoms with van der Waals surface area (Å²) in [6.45, 7) is 10.6. The predicted molar refractivity (Wildman–Crippen MR) is 59.2 cm³/mol. The Kier molecular flexibility index (Phi) is 3.69. The number of aryl methyl sites for hydroxylation is 2. The number of nitrogens with one attached hydrogen (secondary N) is 1. The van der Waals surface area contributed by atoms with Gasteiger partial charge in [0.15, 0.2) is 0 Å². The van der Waals surface area contributed by atoms with E-state index in [1.807, 2.05) is 11.7 Å². The highest BCUT2D eigenvalue weighted by Gasteiger charge is 2.08. The summed E-state index contributed by atoms with van der Waals surface area (Å²) < 4.78 is 1.95. The van der Waals surface area contributed by atoms with Crippen molar-refractivity contribution in [3.63, 3.8) is 0 Å². The summed E-state index contributed by atoms with van der Waals surface area (Å²) in [6, 6.07) is 0. The maximum Gasteiger partial charge on any atom is 0.0641 e. The van der Waals surface area contributed by atoms with E-state index < -0.39 is 0 Å². The average Bonchev–Trinajstić information content (AvgIpc) is 2.31. The average molecular weight is 195 g/mol. The van der Waals surface area contributed by atoms with Gasteiger partial charge in [0.05, 0.1) is 5.69 Å². The molecule has 1 N–H and O–H groups in total. The van der Waals surface area contributed by atoms with Crippen LogP contribution in [0.15, 0.2) is 0 Å². The fraction of sp³-hybridized carbons (Fsp3) is 0.727. The fourth-order valence-corrected chi connectivity index (χ4v) is 1.56. The monoisotopic (exact) mass is 195 g/mol. The highest BCUT2D eigenvalue weighted by molar-refractivity contribution is 5.23. The van der Waals surface area contributed by atoms with Crippen LogP contribution in [0.3, 0.4) is 0 Å². The molecule has 14 heavy (non-hydrogen) atoms. The van der Waals surface area contributed by atoms with Gasteiger partial charge in [-0.1, -0.05) is 13.8 Å². The molecule has 80 valence electrons. The fourth-order valence-electron chi connectivity index (χ4n) is 1.56. The first-order valence-corrected chi connectivity index (χ1v) is 5.22. The van der Waals surface area contributed by atoms with Crippen molar-refractivity contribution in [3.05, 3.63) is 17.0 Å². The SMILES string of the molecule is Cc1nn(C)c(C)c1CNCC(C)C. The molecule has 0 spiro atoms. The van der Waals surface area contributed by atoms with Crippen molar-refractivity contribution in [2.24, 2.45) is 13.0 Å². The molecule has 0 bridgehead atoms. The lowest BCUT2D eigenvalue weighted by Crippen LogP contribution is -2.19.